The summed E-state index contributed by atoms with van der Waals surface area (Å²) in [6.45, 7) is 9.57. The maximum Gasteiger partial charge on any atom is 0.0366 e. The second kappa shape index (κ2) is 7.84. The second-order valence-corrected chi connectivity index (χ2v) is 8.35. The molecule has 2 heterocycles. The van der Waals surface area contributed by atoms with Gasteiger partial charge in [0.05, 0.1) is 0 Å². The fourth-order valence-corrected chi connectivity index (χ4v) is 4.49. The van der Waals surface area contributed by atoms with Crippen molar-refractivity contribution in [2.45, 2.75) is 45.6 Å². The lowest BCUT2D eigenvalue weighted by Gasteiger charge is -2.42. The van der Waals surface area contributed by atoms with Crippen molar-refractivity contribution in [2.24, 2.45) is 5.92 Å². The van der Waals surface area contributed by atoms with Gasteiger partial charge in [0.1, 0.15) is 0 Å². The molecule has 0 atom stereocenters. The zero-order chi connectivity index (χ0) is 17.9. The first-order valence-corrected chi connectivity index (χ1v) is 10.3. The molecule has 0 saturated carbocycles. The Kier molecular flexibility index (Phi) is 5.31. The van der Waals surface area contributed by atoms with E-state index in [9.17, 15) is 0 Å². The number of likely N-dealkylation sites (tertiary alicyclic amines) is 1. The summed E-state index contributed by atoms with van der Waals surface area (Å²) in [6, 6.07) is 18.8. The molecule has 0 bridgehead atoms. The van der Waals surface area contributed by atoms with Gasteiger partial charge in [0.15, 0.2) is 0 Å². The van der Waals surface area contributed by atoms with Crippen molar-refractivity contribution in [2.75, 3.05) is 31.1 Å². The van der Waals surface area contributed by atoms with Crippen LogP contribution in [0.4, 0.5) is 5.69 Å². The van der Waals surface area contributed by atoms with Crippen LogP contribution in [-0.4, -0.2) is 37.1 Å². The SMILES string of the molecule is Cc1ccc(-c2ccc(N3CCC(N4CCC(C)CC4)CC3)cc2)cc1. The van der Waals surface area contributed by atoms with Crippen LogP contribution in [0.25, 0.3) is 11.1 Å². The van der Waals surface area contributed by atoms with Gasteiger partial charge in [0.2, 0.25) is 0 Å². The number of benzene rings is 2. The Labute approximate surface area is 158 Å². The third kappa shape index (κ3) is 3.96. The second-order valence-electron chi connectivity index (χ2n) is 8.35. The van der Waals surface area contributed by atoms with Gasteiger partial charge >= 0.3 is 0 Å². The number of rotatable bonds is 3. The van der Waals surface area contributed by atoms with Gasteiger partial charge in [-0.1, -0.05) is 48.9 Å². The molecular formula is C24H32N2. The first kappa shape index (κ1) is 17.6. The molecule has 2 nitrogen and oxygen atoms in total. The van der Waals surface area contributed by atoms with Crippen LogP contribution in [0.15, 0.2) is 48.5 Å². The summed E-state index contributed by atoms with van der Waals surface area (Å²) in [7, 11) is 0. The van der Waals surface area contributed by atoms with Crippen LogP contribution < -0.4 is 4.90 Å². The van der Waals surface area contributed by atoms with Gasteiger partial charge in [-0.25, -0.2) is 0 Å². The summed E-state index contributed by atoms with van der Waals surface area (Å²) < 4.78 is 0. The van der Waals surface area contributed by atoms with E-state index in [-0.39, 0.29) is 0 Å². The standard InChI is InChI=1S/C24H32N2/c1-19-3-5-21(6-4-19)22-7-9-23(10-8-22)26-17-13-24(14-18-26)25-15-11-20(2)12-16-25/h3-10,20,24H,11-18H2,1-2H3. The Balaban J connectivity index is 1.35. The van der Waals surface area contributed by atoms with E-state index in [2.05, 4.69) is 72.2 Å². The Morgan fingerprint density at radius 3 is 1.81 bits per heavy atom. The van der Waals surface area contributed by atoms with E-state index in [0.29, 0.717) is 0 Å². The van der Waals surface area contributed by atoms with E-state index in [1.54, 1.807) is 0 Å². The molecule has 0 N–H and O–H groups in total. The number of hydrogen-bond donors (Lipinski definition) is 0. The molecule has 0 radical (unpaired) electrons. The highest BCUT2D eigenvalue weighted by Gasteiger charge is 2.27. The van der Waals surface area contributed by atoms with Crippen LogP contribution in [0.5, 0.6) is 0 Å². The molecule has 0 spiro atoms. The van der Waals surface area contributed by atoms with E-state index in [1.807, 2.05) is 0 Å². The van der Waals surface area contributed by atoms with Crippen LogP contribution in [0, 0.1) is 12.8 Å². The summed E-state index contributed by atoms with van der Waals surface area (Å²) in [5.74, 6) is 0.929. The minimum atomic E-state index is 0.811. The molecule has 2 aliphatic heterocycles. The highest BCUT2D eigenvalue weighted by atomic mass is 15.2. The molecule has 2 fully saturated rings. The molecule has 4 rings (SSSR count). The van der Waals surface area contributed by atoms with Crippen LogP contribution in [0.2, 0.25) is 0 Å². The molecule has 2 saturated heterocycles. The lowest BCUT2D eigenvalue weighted by molar-refractivity contribution is 0.120. The average molecular weight is 349 g/mol. The zero-order valence-corrected chi connectivity index (χ0v) is 16.3. The molecule has 2 aliphatic rings. The molecule has 0 aliphatic carbocycles. The van der Waals surface area contributed by atoms with Gasteiger partial charge in [-0.15, -0.1) is 0 Å². The third-order valence-corrected chi connectivity index (χ3v) is 6.42. The number of anilines is 1. The van der Waals surface area contributed by atoms with Crippen LogP contribution in [0.3, 0.4) is 0 Å². The normalized spacial score (nSPS) is 20.5. The Morgan fingerprint density at radius 1 is 0.692 bits per heavy atom. The topological polar surface area (TPSA) is 6.48 Å². The first-order chi connectivity index (χ1) is 12.7. The molecule has 2 aromatic carbocycles. The number of nitrogens with zero attached hydrogens (tertiary/aromatic N) is 2. The van der Waals surface area contributed by atoms with Crippen molar-refractivity contribution in [3.05, 3.63) is 54.1 Å². The first-order valence-electron chi connectivity index (χ1n) is 10.3. The number of aryl methyl sites for hydroxylation is 1. The van der Waals surface area contributed by atoms with Gasteiger partial charge in [-0.3, -0.25) is 0 Å². The van der Waals surface area contributed by atoms with E-state index in [1.165, 1.54) is 74.2 Å². The summed E-state index contributed by atoms with van der Waals surface area (Å²) in [5, 5.41) is 0. The van der Waals surface area contributed by atoms with Crippen molar-refractivity contribution < 1.29 is 0 Å². The van der Waals surface area contributed by atoms with Gasteiger partial charge < -0.3 is 9.80 Å². The maximum atomic E-state index is 2.76. The molecule has 26 heavy (non-hydrogen) atoms. The maximum absolute atomic E-state index is 2.76. The van der Waals surface area contributed by atoms with Crippen molar-refractivity contribution in [3.63, 3.8) is 0 Å². The molecule has 2 aromatic rings. The van der Waals surface area contributed by atoms with E-state index in [4.69, 9.17) is 0 Å². The summed E-state index contributed by atoms with van der Waals surface area (Å²) >= 11 is 0. The smallest absolute Gasteiger partial charge is 0.0366 e. The highest BCUT2D eigenvalue weighted by molar-refractivity contribution is 5.66. The monoisotopic (exact) mass is 348 g/mol. The largest absolute Gasteiger partial charge is 0.371 e. The summed E-state index contributed by atoms with van der Waals surface area (Å²) in [4.78, 5) is 5.33. The zero-order valence-electron chi connectivity index (χ0n) is 16.3. The Bertz CT molecular complexity index is 688. The Hall–Kier alpha value is -1.80. The third-order valence-electron chi connectivity index (χ3n) is 6.42. The van der Waals surface area contributed by atoms with Crippen molar-refractivity contribution >= 4 is 5.69 Å². The molecule has 138 valence electrons. The van der Waals surface area contributed by atoms with E-state index >= 15 is 0 Å². The van der Waals surface area contributed by atoms with E-state index in [0.717, 1.165) is 12.0 Å². The minimum absolute atomic E-state index is 0.811. The molecule has 0 aromatic heterocycles. The molecular weight excluding hydrogens is 316 g/mol. The number of hydrogen-bond acceptors (Lipinski definition) is 2. The van der Waals surface area contributed by atoms with Gasteiger partial charge in [0, 0.05) is 24.8 Å². The van der Waals surface area contributed by atoms with Crippen molar-refractivity contribution in [1.29, 1.82) is 0 Å². The van der Waals surface area contributed by atoms with Crippen LogP contribution >= 0.6 is 0 Å². The van der Waals surface area contributed by atoms with Gasteiger partial charge in [-0.2, -0.15) is 0 Å². The lowest BCUT2D eigenvalue weighted by Crippen LogP contribution is -2.47. The quantitative estimate of drug-likeness (QED) is 0.736. The summed E-state index contributed by atoms with van der Waals surface area (Å²) in [5.41, 5.74) is 5.31. The summed E-state index contributed by atoms with van der Waals surface area (Å²) in [6.07, 6.45) is 5.41. The highest BCUT2D eigenvalue weighted by Crippen LogP contribution is 2.28. The van der Waals surface area contributed by atoms with Crippen molar-refractivity contribution in [1.82, 2.24) is 4.90 Å². The fraction of sp³-hybridized carbons (Fsp3) is 0.500. The van der Waals surface area contributed by atoms with Crippen LogP contribution in [0.1, 0.15) is 38.2 Å². The molecule has 0 unspecified atom stereocenters. The molecule has 0 amide bonds. The van der Waals surface area contributed by atoms with Gasteiger partial charge in [-0.05, 0) is 74.9 Å². The van der Waals surface area contributed by atoms with Gasteiger partial charge in [0.25, 0.3) is 0 Å². The fourth-order valence-electron chi connectivity index (χ4n) is 4.49. The lowest BCUT2D eigenvalue weighted by atomic mass is 9.94. The predicted octanol–water partition coefficient (Wildman–Crippen LogP) is 5.36. The Morgan fingerprint density at radius 2 is 1.23 bits per heavy atom. The van der Waals surface area contributed by atoms with Crippen LogP contribution in [-0.2, 0) is 0 Å². The average Bonchev–Trinajstić information content (AvgIpc) is 2.70. The minimum Gasteiger partial charge on any atom is -0.371 e. The molecule has 2 heteroatoms. The van der Waals surface area contributed by atoms with E-state index < -0.39 is 0 Å². The predicted molar refractivity (Wildman–Crippen MR) is 112 cm³/mol. The number of piperidine rings is 2. The van der Waals surface area contributed by atoms with Crippen molar-refractivity contribution in [3.8, 4) is 11.1 Å².